The average molecular weight is 215 g/mol. The molecule has 0 unspecified atom stereocenters. The van der Waals surface area contributed by atoms with Gasteiger partial charge in [0.1, 0.15) is 5.69 Å². The first kappa shape index (κ1) is 8.96. The topological polar surface area (TPSA) is 63.8 Å². The van der Waals surface area contributed by atoms with Gasteiger partial charge in [-0.25, -0.2) is 4.79 Å². The van der Waals surface area contributed by atoms with E-state index >= 15 is 0 Å². The predicted octanol–water partition coefficient (Wildman–Crippen LogP) is 1.52. The van der Waals surface area contributed by atoms with Gasteiger partial charge in [-0.2, -0.15) is 4.68 Å². The van der Waals surface area contributed by atoms with Gasteiger partial charge in [0.2, 0.25) is 0 Å². The first-order valence-corrected chi connectivity index (χ1v) is 4.86. The van der Waals surface area contributed by atoms with Crippen LogP contribution in [0.4, 0.5) is 0 Å². The number of benzene rings is 1. The van der Waals surface area contributed by atoms with E-state index in [9.17, 15) is 4.79 Å². The van der Waals surface area contributed by atoms with Crippen LogP contribution in [0.25, 0.3) is 22.5 Å². The largest absolute Gasteiger partial charge is 0.437 e. The third-order valence-electron chi connectivity index (χ3n) is 2.45. The molecule has 0 aliphatic carbocycles. The highest BCUT2D eigenvalue weighted by molar-refractivity contribution is 5.84. The lowest BCUT2D eigenvalue weighted by Crippen LogP contribution is -2.09. The summed E-state index contributed by atoms with van der Waals surface area (Å²) in [5, 5.41) is 5.04. The molecule has 0 saturated carbocycles. The molecule has 0 fully saturated rings. The van der Waals surface area contributed by atoms with Crippen LogP contribution in [0.2, 0.25) is 0 Å². The van der Waals surface area contributed by atoms with E-state index in [0.717, 1.165) is 10.9 Å². The van der Waals surface area contributed by atoms with Gasteiger partial charge in [0.05, 0.1) is 0 Å². The summed E-state index contributed by atoms with van der Waals surface area (Å²) in [4.78, 5) is 14.3. The van der Waals surface area contributed by atoms with Crippen LogP contribution >= 0.6 is 0 Å². The second-order valence-corrected chi connectivity index (χ2v) is 3.57. The second-order valence-electron chi connectivity index (χ2n) is 3.57. The number of aromatic nitrogens is 3. The standard InChI is InChI=1S/C11H9N3O2/c1-14-11(15)16-10(13-14)9-6-7-4-2-3-5-8(7)12-9/h2-6,12H,1H3. The number of H-pyrrole nitrogens is 1. The molecule has 1 N–H and O–H groups in total. The summed E-state index contributed by atoms with van der Waals surface area (Å²) >= 11 is 0. The fourth-order valence-corrected chi connectivity index (χ4v) is 1.64. The van der Waals surface area contributed by atoms with Gasteiger partial charge in [0.15, 0.2) is 0 Å². The Labute approximate surface area is 90.3 Å². The van der Waals surface area contributed by atoms with Gasteiger partial charge in [-0.05, 0) is 12.1 Å². The fourth-order valence-electron chi connectivity index (χ4n) is 1.64. The van der Waals surface area contributed by atoms with Crippen molar-refractivity contribution in [3.8, 4) is 11.6 Å². The highest BCUT2D eigenvalue weighted by Gasteiger charge is 2.10. The molecule has 0 amide bonds. The first-order chi connectivity index (χ1) is 7.74. The van der Waals surface area contributed by atoms with Crippen molar-refractivity contribution in [3.05, 3.63) is 40.9 Å². The summed E-state index contributed by atoms with van der Waals surface area (Å²) in [7, 11) is 1.55. The number of hydrogen-bond acceptors (Lipinski definition) is 3. The van der Waals surface area contributed by atoms with Crippen molar-refractivity contribution in [2.45, 2.75) is 0 Å². The molecule has 2 heterocycles. The van der Waals surface area contributed by atoms with Crippen LogP contribution in [0.5, 0.6) is 0 Å². The predicted molar refractivity (Wildman–Crippen MR) is 59.0 cm³/mol. The lowest BCUT2D eigenvalue weighted by Gasteiger charge is -1.85. The Morgan fingerprint density at radius 1 is 1.38 bits per heavy atom. The number of aryl methyl sites for hydroxylation is 1. The second kappa shape index (κ2) is 3.10. The van der Waals surface area contributed by atoms with Crippen LogP contribution in [0.3, 0.4) is 0 Å². The average Bonchev–Trinajstić information content (AvgIpc) is 2.83. The van der Waals surface area contributed by atoms with Crippen LogP contribution in [-0.4, -0.2) is 14.8 Å². The Hall–Kier alpha value is -2.30. The van der Waals surface area contributed by atoms with E-state index in [4.69, 9.17) is 4.42 Å². The molecule has 0 aliphatic heterocycles. The van der Waals surface area contributed by atoms with Crippen molar-refractivity contribution in [2.75, 3.05) is 0 Å². The molecule has 0 spiro atoms. The summed E-state index contributed by atoms with van der Waals surface area (Å²) in [6.45, 7) is 0. The van der Waals surface area contributed by atoms with Crippen LogP contribution in [0, 0.1) is 0 Å². The van der Waals surface area contributed by atoms with Crippen molar-refractivity contribution in [2.24, 2.45) is 7.05 Å². The van der Waals surface area contributed by atoms with Gasteiger partial charge in [0, 0.05) is 18.0 Å². The number of nitrogens with one attached hydrogen (secondary N) is 1. The van der Waals surface area contributed by atoms with Crippen molar-refractivity contribution in [1.82, 2.24) is 14.8 Å². The Balaban J connectivity index is 2.22. The minimum atomic E-state index is -0.464. The van der Waals surface area contributed by atoms with Crippen LogP contribution in [0.15, 0.2) is 39.5 Å². The monoisotopic (exact) mass is 215 g/mol. The lowest BCUT2D eigenvalue weighted by molar-refractivity contribution is 0.504. The molecule has 1 aromatic carbocycles. The van der Waals surface area contributed by atoms with Gasteiger partial charge >= 0.3 is 5.76 Å². The van der Waals surface area contributed by atoms with Crippen LogP contribution in [0.1, 0.15) is 0 Å². The van der Waals surface area contributed by atoms with Crippen LogP contribution in [-0.2, 0) is 7.05 Å². The number of fused-ring (bicyclic) bond motifs is 1. The zero-order chi connectivity index (χ0) is 11.1. The molecule has 3 rings (SSSR count). The van der Waals surface area contributed by atoms with E-state index in [-0.39, 0.29) is 0 Å². The maximum absolute atomic E-state index is 11.1. The molecule has 5 nitrogen and oxygen atoms in total. The molecule has 0 saturated heterocycles. The summed E-state index contributed by atoms with van der Waals surface area (Å²) < 4.78 is 6.16. The molecule has 0 radical (unpaired) electrons. The minimum absolute atomic E-state index is 0.309. The summed E-state index contributed by atoms with van der Waals surface area (Å²) in [6.07, 6.45) is 0. The molecule has 5 heteroatoms. The third-order valence-corrected chi connectivity index (χ3v) is 2.45. The molecule has 0 bridgehead atoms. The van der Waals surface area contributed by atoms with Crippen molar-refractivity contribution in [1.29, 1.82) is 0 Å². The molecule has 0 atom stereocenters. The molecular weight excluding hydrogens is 206 g/mol. The van der Waals surface area contributed by atoms with Gasteiger partial charge in [-0.1, -0.05) is 18.2 Å². The fraction of sp³-hybridized carbons (Fsp3) is 0.0909. The van der Waals surface area contributed by atoms with Gasteiger partial charge < -0.3 is 9.40 Å². The zero-order valence-electron chi connectivity index (χ0n) is 8.60. The highest BCUT2D eigenvalue weighted by Crippen LogP contribution is 2.21. The van der Waals surface area contributed by atoms with E-state index in [0.29, 0.717) is 11.6 Å². The first-order valence-electron chi connectivity index (χ1n) is 4.86. The number of nitrogens with zero attached hydrogens (tertiary/aromatic N) is 2. The van der Waals surface area contributed by atoms with Gasteiger partial charge in [0.25, 0.3) is 5.89 Å². The molecule has 16 heavy (non-hydrogen) atoms. The van der Waals surface area contributed by atoms with E-state index in [1.165, 1.54) is 4.68 Å². The number of rotatable bonds is 1. The summed E-state index contributed by atoms with van der Waals surface area (Å²) in [6, 6.07) is 9.74. The summed E-state index contributed by atoms with van der Waals surface area (Å²) in [5.41, 5.74) is 1.70. The summed E-state index contributed by atoms with van der Waals surface area (Å²) in [5.74, 6) is -0.155. The Morgan fingerprint density at radius 2 is 2.19 bits per heavy atom. The SMILES string of the molecule is Cn1nc(-c2cc3ccccc3[nH]2)oc1=O. The molecular formula is C11H9N3O2. The van der Waals surface area contributed by atoms with E-state index in [2.05, 4.69) is 10.1 Å². The minimum Gasteiger partial charge on any atom is -0.386 e. The normalized spacial score (nSPS) is 11.1. The molecule has 0 aliphatic rings. The molecule has 2 aromatic heterocycles. The maximum Gasteiger partial charge on any atom is 0.437 e. The molecule has 80 valence electrons. The van der Waals surface area contributed by atoms with Crippen molar-refractivity contribution in [3.63, 3.8) is 0 Å². The molecule has 3 aromatic rings. The smallest absolute Gasteiger partial charge is 0.386 e. The van der Waals surface area contributed by atoms with E-state index in [1.54, 1.807) is 7.05 Å². The van der Waals surface area contributed by atoms with Gasteiger partial charge in [-0.15, -0.1) is 5.10 Å². The van der Waals surface area contributed by atoms with E-state index < -0.39 is 5.76 Å². The Morgan fingerprint density at radius 3 is 2.88 bits per heavy atom. The Kier molecular flexibility index (Phi) is 1.73. The maximum atomic E-state index is 11.1. The lowest BCUT2D eigenvalue weighted by atomic mass is 10.2. The Bertz CT molecular complexity index is 672. The van der Waals surface area contributed by atoms with Gasteiger partial charge in [-0.3, -0.25) is 0 Å². The van der Waals surface area contributed by atoms with Crippen molar-refractivity contribution >= 4 is 10.9 Å². The number of aromatic amines is 1. The zero-order valence-corrected chi connectivity index (χ0v) is 8.60. The number of hydrogen-bond donors (Lipinski definition) is 1. The number of para-hydroxylation sites is 1. The van der Waals surface area contributed by atoms with Crippen molar-refractivity contribution < 1.29 is 4.42 Å². The quantitative estimate of drug-likeness (QED) is 0.669. The highest BCUT2D eigenvalue weighted by atomic mass is 16.4. The third kappa shape index (κ3) is 1.25. The van der Waals surface area contributed by atoms with E-state index in [1.807, 2.05) is 30.3 Å². The van der Waals surface area contributed by atoms with Crippen LogP contribution < -0.4 is 5.76 Å².